The van der Waals surface area contributed by atoms with Crippen LogP contribution in [0.4, 0.5) is 0 Å². The number of hydrogen-bond donors (Lipinski definition) is 1. The van der Waals surface area contributed by atoms with Crippen LogP contribution < -0.4 is 5.32 Å². The highest BCUT2D eigenvalue weighted by atomic mass is 16.5. The minimum atomic E-state index is 0.317. The molecular formula is C15H26N2O2. The molecule has 1 aliphatic rings. The van der Waals surface area contributed by atoms with Crippen molar-refractivity contribution in [2.45, 2.75) is 53.0 Å². The molecule has 0 spiro atoms. The van der Waals surface area contributed by atoms with E-state index in [-0.39, 0.29) is 0 Å². The molecule has 2 heterocycles. The highest BCUT2D eigenvalue weighted by molar-refractivity contribution is 5.20. The van der Waals surface area contributed by atoms with Crippen molar-refractivity contribution in [3.8, 4) is 0 Å². The number of hydrogen-bond acceptors (Lipinski definition) is 4. The third-order valence-corrected chi connectivity index (χ3v) is 3.51. The lowest BCUT2D eigenvalue weighted by molar-refractivity contribution is -0.0705. The van der Waals surface area contributed by atoms with Crippen molar-refractivity contribution in [3.05, 3.63) is 23.2 Å². The van der Waals surface area contributed by atoms with Gasteiger partial charge in [0.05, 0.1) is 18.8 Å². The molecule has 4 nitrogen and oxygen atoms in total. The van der Waals surface area contributed by atoms with Gasteiger partial charge < -0.3 is 14.5 Å². The molecule has 2 unspecified atom stereocenters. The Morgan fingerprint density at radius 1 is 1.32 bits per heavy atom. The van der Waals surface area contributed by atoms with Crippen LogP contribution in [0.3, 0.4) is 0 Å². The topological polar surface area (TPSA) is 37.6 Å². The summed E-state index contributed by atoms with van der Waals surface area (Å²) >= 11 is 0. The average molecular weight is 266 g/mol. The zero-order valence-corrected chi connectivity index (χ0v) is 12.5. The zero-order chi connectivity index (χ0) is 13.8. The number of furan rings is 1. The Kier molecular flexibility index (Phi) is 5.02. The number of rotatable bonds is 5. The summed E-state index contributed by atoms with van der Waals surface area (Å²) in [4.78, 5) is 2.45. The van der Waals surface area contributed by atoms with Gasteiger partial charge in [-0.2, -0.15) is 0 Å². The first-order chi connectivity index (χ1) is 9.08. The Bertz CT molecular complexity index is 393. The number of aryl methyl sites for hydroxylation is 1. The van der Waals surface area contributed by atoms with Gasteiger partial charge in [-0.05, 0) is 33.4 Å². The lowest BCUT2D eigenvalue weighted by atomic mass is 10.2. The fraction of sp³-hybridized carbons (Fsp3) is 0.733. The van der Waals surface area contributed by atoms with Gasteiger partial charge in [0.1, 0.15) is 11.5 Å². The quantitative estimate of drug-likeness (QED) is 0.887. The summed E-state index contributed by atoms with van der Waals surface area (Å²) < 4.78 is 11.6. The molecule has 4 heteroatoms. The molecule has 1 N–H and O–H groups in total. The lowest BCUT2D eigenvalue weighted by Crippen LogP contribution is -2.44. The molecule has 0 radical (unpaired) electrons. The molecule has 0 saturated carbocycles. The van der Waals surface area contributed by atoms with Gasteiger partial charge in [-0.1, -0.05) is 6.92 Å². The SMILES string of the molecule is CCNCc1cc(CN2CC(C)OC(C)C2)c(C)o1. The summed E-state index contributed by atoms with van der Waals surface area (Å²) in [6, 6.07) is 2.18. The molecule has 1 fully saturated rings. The van der Waals surface area contributed by atoms with Crippen molar-refractivity contribution < 1.29 is 9.15 Å². The van der Waals surface area contributed by atoms with E-state index in [0.29, 0.717) is 12.2 Å². The van der Waals surface area contributed by atoms with E-state index in [4.69, 9.17) is 9.15 Å². The van der Waals surface area contributed by atoms with Gasteiger partial charge in [-0.15, -0.1) is 0 Å². The van der Waals surface area contributed by atoms with Gasteiger partial charge in [0.15, 0.2) is 0 Å². The van der Waals surface area contributed by atoms with Gasteiger partial charge >= 0.3 is 0 Å². The normalized spacial score (nSPS) is 24.8. The molecule has 0 aromatic carbocycles. The summed E-state index contributed by atoms with van der Waals surface area (Å²) in [7, 11) is 0. The molecular weight excluding hydrogens is 240 g/mol. The fourth-order valence-corrected chi connectivity index (χ4v) is 2.73. The van der Waals surface area contributed by atoms with Crippen LogP contribution in [0.25, 0.3) is 0 Å². The van der Waals surface area contributed by atoms with Gasteiger partial charge in [0.25, 0.3) is 0 Å². The van der Waals surface area contributed by atoms with Crippen molar-refractivity contribution in [1.29, 1.82) is 0 Å². The molecule has 1 aliphatic heterocycles. The van der Waals surface area contributed by atoms with E-state index in [2.05, 4.69) is 44.0 Å². The van der Waals surface area contributed by atoms with E-state index in [1.807, 2.05) is 0 Å². The highest BCUT2D eigenvalue weighted by Gasteiger charge is 2.23. The summed E-state index contributed by atoms with van der Waals surface area (Å²) in [5.41, 5.74) is 1.30. The predicted molar refractivity (Wildman–Crippen MR) is 76.1 cm³/mol. The minimum Gasteiger partial charge on any atom is -0.465 e. The lowest BCUT2D eigenvalue weighted by Gasteiger charge is -2.35. The second-order valence-corrected chi connectivity index (χ2v) is 5.53. The molecule has 2 atom stereocenters. The first kappa shape index (κ1) is 14.6. The number of nitrogens with zero attached hydrogens (tertiary/aromatic N) is 1. The summed E-state index contributed by atoms with van der Waals surface area (Å²) in [5, 5.41) is 3.30. The van der Waals surface area contributed by atoms with Crippen molar-refractivity contribution in [1.82, 2.24) is 10.2 Å². The van der Waals surface area contributed by atoms with Crippen LogP contribution in [0, 0.1) is 6.92 Å². The minimum absolute atomic E-state index is 0.317. The monoisotopic (exact) mass is 266 g/mol. The molecule has 108 valence electrons. The molecule has 0 bridgehead atoms. The number of ether oxygens (including phenoxy) is 1. The van der Waals surface area contributed by atoms with E-state index in [9.17, 15) is 0 Å². The number of nitrogens with one attached hydrogen (secondary N) is 1. The van der Waals surface area contributed by atoms with E-state index in [1.54, 1.807) is 0 Å². The number of morpholine rings is 1. The van der Waals surface area contributed by atoms with Gasteiger partial charge in [-0.25, -0.2) is 0 Å². The smallest absolute Gasteiger partial charge is 0.118 e. The Morgan fingerprint density at radius 3 is 2.63 bits per heavy atom. The van der Waals surface area contributed by atoms with Crippen LogP contribution in [0.5, 0.6) is 0 Å². The Morgan fingerprint density at radius 2 is 2.00 bits per heavy atom. The van der Waals surface area contributed by atoms with E-state index in [0.717, 1.165) is 44.2 Å². The van der Waals surface area contributed by atoms with Crippen LogP contribution in [-0.2, 0) is 17.8 Å². The van der Waals surface area contributed by atoms with Crippen LogP contribution in [0.2, 0.25) is 0 Å². The van der Waals surface area contributed by atoms with Crippen LogP contribution in [0.1, 0.15) is 37.9 Å². The fourth-order valence-electron chi connectivity index (χ4n) is 2.73. The molecule has 19 heavy (non-hydrogen) atoms. The predicted octanol–water partition coefficient (Wildman–Crippen LogP) is 2.31. The van der Waals surface area contributed by atoms with Gasteiger partial charge in [-0.3, -0.25) is 4.90 Å². The van der Waals surface area contributed by atoms with Crippen molar-refractivity contribution in [3.63, 3.8) is 0 Å². The molecule has 1 aromatic heterocycles. The second-order valence-electron chi connectivity index (χ2n) is 5.53. The Hall–Kier alpha value is -0.840. The first-order valence-corrected chi connectivity index (χ1v) is 7.25. The Labute approximate surface area is 116 Å². The van der Waals surface area contributed by atoms with Crippen molar-refractivity contribution >= 4 is 0 Å². The van der Waals surface area contributed by atoms with Crippen molar-refractivity contribution in [2.24, 2.45) is 0 Å². The largest absolute Gasteiger partial charge is 0.465 e. The van der Waals surface area contributed by atoms with Gasteiger partial charge in [0.2, 0.25) is 0 Å². The highest BCUT2D eigenvalue weighted by Crippen LogP contribution is 2.19. The van der Waals surface area contributed by atoms with Gasteiger partial charge in [0, 0.05) is 25.2 Å². The first-order valence-electron chi connectivity index (χ1n) is 7.25. The van der Waals surface area contributed by atoms with Crippen LogP contribution >= 0.6 is 0 Å². The average Bonchev–Trinajstić information content (AvgIpc) is 2.66. The standard InChI is InChI=1S/C15H26N2O2/c1-5-16-7-15-6-14(13(4)19-15)10-17-8-11(2)18-12(3)9-17/h6,11-12,16H,5,7-10H2,1-4H3. The maximum Gasteiger partial charge on any atom is 0.118 e. The summed E-state index contributed by atoms with van der Waals surface area (Å²) in [5.74, 6) is 2.07. The third-order valence-electron chi connectivity index (χ3n) is 3.51. The van der Waals surface area contributed by atoms with E-state index >= 15 is 0 Å². The third kappa shape index (κ3) is 4.06. The molecule has 1 saturated heterocycles. The Balaban J connectivity index is 1.96. The maximum atomic E-state index is 5.79. The molecule has 0 amide bonds. The van der Waals surface area contributed by atoms with Crippen LogP contribution in [0.15, 0.2) is 10.5 Å². The zero-order valence-electron chi connectivity index (χ0n) is 12.5. The summed E-state index contributed by atoms with van der Waals surface area (Å²) in [6.45, 7) is 13.2. The van der Waals surface area contributed by atoms with E-state index < -0.39 is 0 Å². The van der Waals surface area contributed by atoms with Crippen LogP contribution in [-0.4, -0.2) is 36.7 Å². The molecule has 0 aliphatic carbocycles. The summed E-state index contributed by atoms with van der Waals surface area (Å²) in [6.07, 6.45) is 0.634. The maximum absolute atomic E-state index is 5.79. The van der Waals surface area contributed by atoms with E-state index in [1.165, 1.54) is 5.56 Å². The molecule has 2 rings (SSSR count). The second kappa shape index (κ2) is 6.55. The molecule has 1 aromatic rings. The van der Waals surface area contributed by atoms with Crippen molar-refractivity contribution in [2.75, 3.05) is 19.6 Å².